The van der Waals surface area contributed by atoms with E-state index in [0.717, 1.165) is 18.6 Å². The van der Waals surface area contributed by atoms with Gasteiger partial charge in [-0.2, -0.15) is 33.1 Å². The van der Waals surface area contributed by atoms with Crippen molar-refractivity contribution in [2.75, 3.05) is 31.1 Å². The highest BCUT2D eigenvalue weighted by Crippen LogP contribution is 2.35. The van der Waals surface area contributed by atoms with Crippen LogP contribution in [0.15, 0.2) is 53.2 Å². The van der Waals surface area contributed by atoms with Gasteiger partial charge in [0.2, 0.25) is 0 Å². The molecule has 2 unspecified atom stereocenters. The fourth-order valence-electron chi connectivity index (χ4n) is 5.20. The molecule has 0 N–H and O–H groups in total. The van der Waals surface area contributed by atoms with Gasteiger partial charge in [-0.1, -0.05) is 11.6 Å². The van der Waals surface area contributed by atoms with Crippen LogP contribution in [-0.2, 0) is 6.18 Å². The van der Waals surface area contributed by atoms with E-state index in [2.05, 4.69) is 20.1 Å². The highest BCUT2D eigenvalue weighted by atomic mass is 35.5. The van der Waals surface area contributed by atoms with Crippen LogP contribution >= 0.6 is 11.6 Å². The molecular formula is C24H20ClF3N6O2. The number of benzene rings is 2. The molecule has 2 aromatic carbocycles. The number of piperidine rings is 2. The first-order chi connectivity index (χ1) is 17.2. The van der Waals surface area contributed by atoms with Crippen molar-refractivity contribution in [1.29, 1.82) is 0 Å². The number of carbonyl (C=O) groups excluding carboxylic acids is 1. The zero-order valence-corrected chi connectivity index (χ0v) is 19.6. The summed E-state index contributed by atoms with van der Waals surface area (Å²) in [4.78, 5) is 23.0. The van der Waals surface area contributed by atoms with E-state index in [-0.39, 0.29) is 23.1 Å². The van der Waals surface area contributed by atoms with E-state index in [1.165, 1.54) is 23.3 Å². The highest BCUT2D eigenvalue weighted by Gasteiger charge is 2.39. The maximum Gasteiger partial charge on any atom is 0.416 e. The Morgan fingerprint density at radius 3 is 2.42 bits per heavy atom. The molecule has 2 fully saturated rings. The number of nitrogens with zero attached hydrogens (tertiary/aromatic N) is 6. The lowest BCUT2D eigenvalue weighted by atomic mass is 9.84. The van der Waals surface area contributed by atoms with Gasteiger partial charge in [-0.3, -0.25) is 4.79 Å². The quantitative estimate of drug-likeness (QED) is 0.393. The van der Waals surface area contributed by atoms with Crippen LogP contribution in [0.5, 0.6) is 0 Å². The molecule has 0 radical (unpaired) electrons. The molecule has 36 heavy (non-hydrogen) atoms. The first kappa shape index (κ1) is 22.8. The van der Waals surface area contributed by atoms with Crippen LogP contribution in [-0.4, -0.2) is 57.0 Å². The van der Waals surface area contributed by atoms with Gasteiger partial charge in [0.1, 0.15) is 5.52 Å². The molecule has 2 bridgehead atoms. The minimum atomic E-state index is -4.58. The van der Waals surface area contributed by atoms with Gasteiger partial charge in [-0.15, -0.1) is 0 Å². The third-order valence-corrected chi connectivity index (χ3v) is 6.90. The Morgan fingerprint density at radius 2 is 1.72 bits per heavy atom. The standard InChI is InChI=1S/C24H20ClF3N6O2/c25-17-2-4-21-19(9-17)31-23(36-21)33-12-14-7-15(13-33)11-32(10-14)22(35)18-8-16(24(26,27)28)1-3-20(18)34-29-5-6-30-34/h1-6,8-9,14-15H,7,10-13H2. The Hall–Kier alpha value is -3.60. The summed E-state index contributed by atoms with van der Waals surface area (Å²) in [5.41, 5.74) is 0.566. The summed E-state index contributed by atoms with van der Waals surface area (Å²) in [6, 6.07) is 8.84. The van der Waals surface area contributed by atoms with E-state index in [1.807, 2.05) is 0 Å². The number of hydrogen-bond donors (Lipinski definition) is 0. The van der Waals surface area contributed by atoms with Gasteiger partial charge < -0.3 is 14.2 Å². The van der Waals surface area contributed by atoms with Crippen molar-refractivity contribution in [2.24, 2.45) is 11.8 Å². The predicted octanol–water partition coefficient (Wildman–Crippen LogP) is 4.68. The van der Waals surface area contributed by atoms with E-state index in [1.54, 1.807) is 23.1 Å². The first-order valence-electron chi connectivity index (χ1n) is 11.4. The van der Waals surface area contributed by atoms with Crippen LogP contribution in [0.4, 0.5) is 19.2 Å². The molecule has 2 aliphatic rings. The SMILES string of the molecule is O=C(c1cc(C(F)(F)F)ccc1-n1nccn1)N1CC2CC(C1)CN(c1nc3cc(Cl)ccc3o1)C2. The van der Waals surface area contributed by atoms with Crippen LogP contribution in [0.25, 0.3) is 16.8 Å². The minimum absolute atomic E-state index is 0.0753. The van der Waals surface area contributed by atoms with E-state index in [0.29, 0.717) is 48.3 Å². The number of rotatable bonds is 3. The van der Waals surface area contributed by atoms with Crippen LogP contribution in [0.1, 0.15) is 22.3 Å². The highest BCUT2D eigenvalue weighted by molar-refractivity contribution is 6.31. The van der Waals surface area contributed by atoms with Crippen LogP contribution in [0.3, 0.4) is 0 Å². The van der Waals surface area contributed by atoms with Crippen LogP contribution < -0.4 is 4.90 Å². The Balaban J connectivity index is 1.25. The van der Waals surface area contributed by atoms with E-state index < -0.39 is 17.6 Å². The molecule has 4 heterocycles. The van der Waals surface area contributed by atoms with E-state index in [9.17, 15) is 18.0 Å². The lowest BCUT2D eigenvalue weighted by molar-refractivity contribution is -0.137. The zero-order valence-electron chi connectivity index (χ0n) is 18.8. The molecule has 0 saturated carbocycles. The molecule has 4 aromatic rings. The molecule has 2 aromatic heterocycles. The monoisotopic (exact) mass is 516 g/mol. The number of halogens is 4. The minimum Gasteiger partial charge on any atom is -0.423 e. The summed E-state index contributed by atoms with van der Waals surface area (Å²) >= 11 is 6.06. The second-order valence-corrected chi connectivity index (χ2v) is 9.68. The Bertz CT molecular complexity index is 1420. The zero-order chi connectivity index (χ0) is 25.0. The number of anilines is 1. The van der Waals surface area contributed by atoms with Gasteiger partial charge in [0.05, 0.1) is 29.2 Å². The molecule has 2 saturated heterocycles. The Labute approximate surface area is 208 Å². The molecule has 6 rings (SSSR count). The van der Waals surface area contributed by atoms with E-state index in [4.69, 9.17) is 16.0 Å². The lowest BCUT2D eigenvalue weighted by Gasteiger charge is -2.45. The smallest absolute Gasteiger partial charge is 0.416 e. The van der Waals surface area contributed by atoms with Crippen molar-refractivity contribution in [1.82, 2.24) is 24.9 Å². The van der Waals surface area contributed by atoms with Gasteiger partial charge in [0, 0.05) is 31.2 Å². The third kappa shape index (κ3) is 4.17. The number of aromatic nitrogens is 4. The van der Waals surface area contributed by atoms with Crippen molar-refractivity contribution in [3.05, 3.63) is 64.9 Å². The van der Waals surface area contributed by atoms with E-state index >= 15 is 0 Å². The number of alkyl halides is 3. The first-order valence-corrected chi connectivity index (χ1v) is 11.8. The van der Waals surface area contributed by atoms with Gasteiger partial charge in [0.15, 0.2) is 5.58 Å². The van der Waals surface area contributed by atoms with Gasteiger partial charge in [-0.05, 0) is 54.7 Å². The normalized spacial score (nSPS) is 20.2. The maximum atomic E-state index is 13.6. The second kappa shape index (κ2) is 8.51. The third-order valence-electron chi connectivity index (χ3n) is 6.67. The molecule has 0 spiro atoms. The number of hydrogen-bond acceptors (Lipinski definition) is 6. The maximum absolute atomic E-state index is 13.6. The number of fused-ring (bicyclic) bond motifs is 3. The summed E-state index contributed by atoms with van der Waals surface area (Å²) < 4.78 is 46.3. The Morgan fingerprint density at radius 1 is 1.00 bits per heavy atom. The molecule has 1 amide bonds. The molecule has 186 valence electrons. The second-order valence-electron chi connectivity index (χ2n) is 9.24. The van der Waals surface area contributed by atoms with Crippen molar-refractivity contribution < 1.29 is 22.4 Å². The molecule has 0 aliphatic carbocycles. The van der Waals surface area contributed by atoms with Crippen molar-refractivity contribution in [2.45, 2.75) is 12.6 Å². The molecule has 12 heteroatoms. The lowest BCUT2D eigenvalue weighted by Crippen LogP contribution is -2.54. The molecule has 8 nitrogen and oxygen atoms in total. The van der Waals surface area contributed by atoms with Crippen molar-refractivity contribution >= 4 is 34.6 Å². The number of amides is 1. The fourth-order valence-corrected chi connectivity index (χ4v) is 5.36. The largest absolute Gasteiger partial charge is 0.423 e. The summed E-state index contributed by atoms with van der Waals surface area (Å²) in [6.07, 6.45) is -0.839. The topological polar surface area (TPSA) is 80.3 Å². The fraction of sp³-hybridized carbons (Fsp3) is 0.333. The average molecular weight is 517 g/mol. The molecular weight excluding hydrogens is 497 g/mol. The number of carbonyl (C=O) groups is 1. The summed E-state index contributed by atoms with van der Waals surface area (Å²) in [6.45, 7) is 2.08. The molecule has 2 aliphatic heterocycles. The predicted molar refractivity (Wildman–Crippen MR) is 125 cm³/mol. The van der Waals surface area contributed by atoms with Crippen LogP contribution in [0, 0.1) is 11.8 Å². The van der Waals surface area contributed by atoms with Crippen molar-refractivity contribution in [3.8, 4) is 5.69 Å². The number of likely N-dealkylation sites (tertiary alicyclic amines) is 1. The molecule has 2 atom stereocenters. The summed E-state index contributed by atoms with van der Waals surface area (Å²) in [7, 11) is 0. The number of oxazole rings is 1. The van der Waals surface area contributed by atoms with Gasteiger partial charge >= 0.3 is 6.18 Å². The van der Waals surface area contributed by atoms with Gasteiger partial charge in [0.25, 0.3) is 11.9 Å². The Kier molecular flexibility index (Phi) is 5.40. The summed E-state index contributed by atoms with van der Waals surface area (Å²) in [5, 5.41) is 8.60. The average Bonchev–Trinajstić information content (AvgIpc) is 3.52. The summed E-state index contributed by atoms with van der Waals surface area (Å²) in [5.74, 6) is -0.220. The van der Waals surface area contributed by atoms with Crippen LogP contribution in [0.2, 0.25) is 5.02 Å². The van der Waals surface area contributed by atoms with Crippen molar-refractivity contribution in [3.63, 3.8) is 0 Å². The van der Waals surface area contributed by atoms with Gasteiger partial charge in [-0.25, -0.2) is 0 Å².